The van der Waals surface area contributed by atoms with Crippen LogP contribution >= 0.6 is 0 Å². The summed E-state index contributed by atoms with van der Waals surface area (Å²) in [6.45, 7) is 3.36. The summed E-state index contributed by atoms with van der Waals surface area (Å²) in [5.41, 5.74) is 3.58. The van der Waals surface area contributed by atoms with Crippen molar-refractivity contribution in [3.8, 4) is 0 Å². The van der Waals surface area contributed by atoms with Gasteiger partial charge in [0.15, 0.2) is 0 Å². The van der Waals surface area contributed by atoms with Crippen LogP contribution < -0.4 is 0 Å². The number of aromatic amines is 1. The van der Waals surface area contributed by atoms with Gasteiger partial charge in [-0.3, -0.25) is 4.79 Å². The second-order valence-corrected chi connectivity index (χ2v) is 5.95. The molecule has 2 N–H and O–H groups in total. The van der Waals surface area contributed by atoms with Crippen molar-refractivity contribution in [2.24, 2.45) is 0 Å². The first kappa shape index (κ1) is 14.1. The number of benzene rings is 1. The summed E-state index contributed by atoms with van der Waals surface area (Å²) in [4.78, 5) is 17.3. The van der Waals surface area contributed by atoms with Crippen LogP contribution in [0, 0.1) is 6.92 Å². The van der Waals surface area contributed by atoms with Gasteiger partial charge in [-0.2, -0.15) is 0 Å². The van der Waals surface area contributed by atoms with Crippen LogP contribution in [0.2, 0.25) is 0 Å². The van der Waals surface area contributed by atoms with E-state index in [1.54, 1.807) is 4.90 Å². The number of aliphatic hydroxyl groups excluding tert-OH is 1. The highest BCUT2D eigenvalue weighted by Crippen LogP contribution is 2.22. The van der Waals surface area contributed by atoms with E-state index in [4.69, 9.17) is 0 Å². The van der Waals surface area contributed by atoms with Gasteiger partial charge in [0.25, 0.3) is 0 Å². The number of carbonyl (C=O) groups is 1. The van der Waals surface area contributed by atoms with Crippen molar-refractivity contribution in [1.82, 2.24) is 9.88 Å². The second-order valence-electron chi connectivity index (χ2n) is 5.95. The van der Waals surface area contributed by atoms with E-state index in [2.05, 4.69) is 30.1 Å². The zero-order valence-corrected chi connectivity index (χ0v) is 12.4. The largest absolute Gasteiger partial charge is 0.391 e. The molecule has 1 atom stereocenters. The number of nitrogens with zero attached hydrogens (tertiary/aromatic N) is 1. The standard InChI is InChI=1S/C17H22N2O2/c1-12-4-2-6-15-13(10-18-17(12)15)7-8-16(21)19-9-3-5-14(20)11-19/h2,4,6,10,14,18,20H,3,5,7-9,11H2,1H3. The Kier molecular flexibility index (Phi) is 3.97. The number of amides is 1. The number of aromatic nitrogens is 1. The lowest BCUT2D eigenvalue weighted by molar-refractivity contribution is -0.134. The maximum atomic E-state index is 12.2. The number of hydrogen-bond donors (Lipinski definition) is 2. The zero-order valence-electron chi connectivity index (χ0n) is 12.4. The topological polar surface area (TPSA) is 56.3 Å². The molecule has 0 radical (unpaired) electrons. The van der Waals surface area contributed by atoms with Crippen molar-refractivity contribution in [1.29, 1.82) is 0 Å². The van der Waals surface area contributed by atoms with Crippen molar-refractivity contribution in [3.63, 3.8) is 0 Å². The van der Waals surface area contributed by atoms with Crippen LogP contribution in [-0.2, 0) is 11.2 Å². The summed E-state index contributed by atoms with van der Waals surface area (Å²) in [5.74, 6) is 0.149. The number of likely N-dealkylation sites (tertiary alicyclic amines) is 1. The fourth-order valence-electron chi connectivity index (χ4n) is 3.15. The van der Waals surface area contributed by atoms with Crippen molar-refractivity contribution in [2.45, 2.75) is 38.7 Å². The smallest absolute Gasteiger partial charge is 0.222 e. The number of piperidine rings is 1. The SMILES string of the molecule is Cc1cccc2c(CCC(=O)N3CCCC(O)C3)c[nH]c12. The Balaban J connectivity index is 1.66. The number of carbonyl (C=O) groups excluding carboxylic acids is 1. The predicted molar refractivity (Wildman–Crippen MR) is 83.2 cm³/mol. The molecule has 1 aliphatic heterocycles. The van der Waals surface area contributed by atoms with Gasteiger partial charge >= 0.3 is 0 Å². The second kappa shape index (κ2) is 5.90. The number of nitrogens with one attached hydrogen (secondary N) is 1. The van der Waals surface area contributed by atoms with Crippen LogP contribution in [0.5, 0.6) is 0 Å². The van der Waals surface area contributed by atoms with Gasteiger partial charge in [-0.15, -0.1) is 0 Å². The molecule has 1 fully saturated rings. The van der Waals surface area contributed by atoms with Crippen LogP contribution in [-0.4, -0.2) is 40.1 Å². The molecule has 112 valence electrons. The Morgan fingerprint density at radius 3 is 3.14 bits per heavy atom. The molecule has 1 saturated heterocycles. The number of H-pyrrole nitrogens is 1. The highest BCUT2D eigenvalue weighted by Gasteiger charge is 2.21. The van der Waals surface area contributed by atoms with Gasteiger partial charge in [-0.25, -0.2) is 0 Å². The number of hydrogen-bond acceptors (Lipinski definition) is 2. The summed E-state index contributed by atoms with van der Waals surface area (Å²) in [6, 6.07) is 6.24. The third-order valence-electron chi connectivity index (χ3n) is 4.37. The number of para-hydroxylation sites is 1. The lowest BCUT2D eigenvalue weighted by atomic mass is 10.0. The van der Waals surface area contributed by atoms with Crippen LogP contribution in [0.25, 0.3) is 10.9 Å². The molecule has 4 nitrogen and oxygen atoms in total. The average molecular weight is 286 g/mol. The summed E-state index contributed by atoms with van der Waals surface area (Å²) in [6.07, 6.45) is 4.63. The highest BCUT2D eigenvalue weighted by molar-refractivity contribution is 5.86. The third-order valence-corrected chi connectivity index (χ3v) is 4.37. The van der Waals surface area contributed by atoms with Gasteiger partial charge < -0.3 is 15.0 Å². The monoisotopic (exact) mass is 286 g/mol. The van der Waals surface area contributed by atoms with Gasteiger partial charge in [0.1, 0.15) is 0 Å². The third kappa shape index (κ3) is 2.95. The Morgan fingerprint density at radius 1 is 1.48 bits per heavy atom. The fraction of sp³-hybridized carbons (Fsp3) is 0.471. The maximum Gasteiger partial charge on any atom is 0.222 e. The van der Waals surface area contributed by atoms with Crippen LogP contribution in [0.1, 0.15) is 30.4 Å². The van der Waals surface area contributed by atoms with E-state index in [0.717, 1.165) is 31.3 Å². The van der Waals surface area contributed by atoms with E-state index in [1.165, 1.54) is 16.5 Å². The minimum atomic E-state index is -0.349. The first-order valence-electron chi connectivity index (χ1n) is 7.66. The summed E-state index contributed by atoms with van der Waals surface area (Å²) in [7, 11) is 0. The van der Waals surface area contributed by atoms with E-state index in [-0.39, 0.29) is 12.0 Å². The maximum absolute atomic E-state index is 12.2. The number of aliphatic hydroxyl groups is 1. The molecule has 3 rings (SSSR count). The van der Waals surface area contributed by atoms with E-state index >= 15 is 0 Å². The molecular weight excluding hydrogens is 264 g/mol. The summed E-state index contributed by atoms with van der Waals surface area (Å²) < 4.78 is 0. The lowest BCUT2D eigenvalue weighted by Crippen LogP contribution is -2.42. The number of β-amino-alcohol motifs (C(OH)–C–C–N with tert-alkyl or cyclic N) is 1. The zero-order chi connectivity index (χ0) is 14.8. The molecule has 2 heterocycles. The van der Waals surface area contributed by atoms with Crippen molar-refractivity contribution in [2.75, 3.05) is 13.1 Å². The Bertz CT molecular complexity index is 647. The van der Waals surface area contributed by atoms with Gasteiger partial charge in [-0.1, -0.05) is 18.2 Å². The van der Waals surface area contributed by atoms with Gasteiger partial charge in [0.2, 0.25) is 5.91 Å². The van der Waals surface area contributed by atoms with Gasteiger partial charge in [0.05, 0.1) is 6.10 Å². The van der Waals surface area contributed by atoms with Crippen LogP contribution in [0.3, 0.4) is 0 Å². The molecule has 0 saturated carbocycles. The average Bonchev–Trinajstić information content (AvgIpc) is 2.89. The van der Waals surface area contributed by atoms with Crippen LogP contribution in [0.15, 0.2) is 24.4 Å². The number of aryl methyl sites for hydroxylation is 2. The molecule has 1 unspecified atom stereocenters. The van der Waals surface area contributed by atoms with Gasteiger partial charge in [-0.05, 0) is 37.3 Å². The van der Waals surface area contributed by atoms with Crippen molar-refractivity contribution < 1.29 is 9.90 Å². The van der Waals surface area contributed by atoms with E-state index < -0.39 is 0 Å². The van der Waals surface area contributed by atoms with E-state index in [1.807, 2.05) is 6.20 Å². The van der Waals surface area contributed by atoms with Gasteiger partial charge in [0, 0.05) is 36.6 Å². The molecule has 1 aromatic carbocycles. The summed E-state index contributed by atoms with van der Waals surface area (Å²) in [5, 5.41) is 10.9. The molecule has 1 aromatic heterocycles. The van der Waals surface area contributed by atoms with E-state index in [0.29, 0.717) is 13.0 Å². The molecule has 1 aliphatic rings. The minimum Gasteiger partial charge on any atom is -0.391 e. The lowest BCUT2D eigenvalue weighted by Gasteiger charge is -2.30. The quantitative estimate of drug-likeness (QED) is 0.910. The van der Waals surface area contributed by atoms with Crippen molar-refractivity contribution in [3.05, 3.63) is 35.5 Å². The first-order valence-corrected chi connectivity index (χ1v) is 7.66. The number of fused-ring (bicyclic) bond motifs is 1. The Hall–Kier alpha value is -1.81. The highest BCUT2D eigenvalue weighted by atomic mass is 16.3. The van der Waals surface area contributed by atoms with Crippen LogP contribution in [0.4, 0.5) is 0 Å². The molecule has 0 aliphatic carbocycles. The fourth-order valence-corrected chi connectivity index (χ4v) is 3.15. The minimum absolute atomic E-state index is 0.149. The molecular formula is C17H22N2O2. The summed E-state index contributed by atoms with van der Waals surface area (Å²) >= 11 is 0. The Morgan fingerprint density at radius 2 is 2.33 bits per heavy atom. The molecule has 2 aromatic rings. The molecule has 0 spiro atoms. The molecule has 0 bridgehead atoms. The van der Waals surface area contributed by atoms with Crippen molar-refractivity contribution >= 4 is 16.8 Å². The molecule has 21 heavy (non-hydrogen) atoms. The normalized spacial score (nSPS) is 19.1. The first-order chi connectivity index (χ1) is 10.1. The Labute approximate surface area is 124 Å². The molecule has 1 amide bonds. The predicted octanol–water partition coefficient (Wildman–Crippen LogP) is 2.39. The number of rotatable bonds is 3. The molecule has 4 heteroatoms. The van der Waals surface area contributed by atoms with E-state index in [9.17, 15) is 9.90 Å².